The number of aromatic nitrogens is 3. The largest absolute Gasteiger partial charge is 0.478 e. The molecule has 1 saturated heterocycles. The molecular formula is C12H13N3O3. The van der Waals surface area contributed by atoms with Crippen LogP contribution in [0.15, 0.2) is 12.3 Å². The molecule has 6 heteroatoms. The summed E-state index contributed by atoms with van der Waals surface area (Å²) < 4.78 is 5.72. The predicted octanol–water partition coefficient (Wildman–Crippen LogP) is 1.90. The molecule has 3 rings (SSSR count). The van der Waals surface area contributed by atoms with E-state index in [-0.39, 0.29) is 17.8 Å². The van der Waals surface area contributed by atoms with Gasteiger partial charge in [-0.1, -0.05) is 0 Å². The monoisotopic (exact) mass is 247 g/mol. The van der Waals surface area contributed by atoms with Crippen molar-refractivity contribution < 1.29 is 14.6 Å². The molecule has 2 N–H and O–H groups in total. The van der Waals surface area contributed by atoms with Crippen LogP contribution in [-0.4, -0.2) is 32.1 Å². The Balaban J connectivity index is 1.98. The van der Waals surface area contributed by atoms with Gasteiger partial charge in [0.2, 0.25) is 0 Å². The van der Waals surface area contributed by atoms with Gasteiger partial charge < -0.3 is 14.8 Å². The molecule has 1 aliphatic heterocycles. The zero-order valence-corrected chi connectivity index (χ0v) is 9.88. The van der Waals surface area contributed by atoms with Crippen LogP contribution in [0.1, 0.15) is 42.1 Å². The average Bonchev–Trinajstić information content (AvgIpc) is 2.93. The van der Waals surface area contributed by atoms with Crippen LogP contribution in [0.25, 0.3) is 11.2 Å². The van der Waals surface area contributed by atoms with Crippen LogP contribution in [-0.2, 0) is 4.74 Å². The van der Waals surface area contributed by atoms with Crippen molar-refractivity contribution in [2.24, 2.45) is 0 Å². The lowest BCUT2D eigenvalue weighted by atomic mass is 10.2. The summed E-state index contributed by atoms with van der Waals surface area (Å²) in [7, 11) is 0. The van der Waals surface area contributed by atoms with E-state index in [9.17, 15) is 4.79 Å². The van der Waals surface area contributed by atoms with Crippen LogP contribution in [0.5, 0.6) is 0 Å². The Kier molecular flexibility index (Phi) is 2.52. The number of fused-ring (bicyclic) bond motifs is 1. The highest BCUT2D eigenvalue weighted by Crippen LogP contribution is 2.31. The lowest BCUT2D eigenvalue weighted by molar-refractivity contribution is 0.0509. The Morgan fingerprint density at radius 2 is 2.39 bits per heavy atom. The number of nitrogens with one attached hydrogen (secondary N) is 1. The number of carbonyl (C=O) groups is 1. The van der Waals surface area contributed by atoms with Gasteiger partial charge in [-0.05, 0) is 25.8 Å². The number of pyridine rings is 1. The molecule has 0 bridgehead atoms. The van der Waals surface area contributed by atoms with E-state index in [1.807, 2.05) is 6.92 Å². The first kappa shape index (κ1) is 11.2. The topological polar surface area (TPSA) is 88.1 Å². The smallest absolute Gasteiger partial charge is 0.337 e. The highest BCUT2D eigenvalue weighted by molar-refractivity contribution is 5.90. The Morgan fingerprint density at radius 1 is 1.56 bits per heavy atom. The Labute approximate surface area is 103 Å². The third-order valence-corrected chi connectivity index (χ3v) is 3.14. The fourth-order valence-corrected chi connectivity index (χ4v) is 2.19. The molecule has 1 aliphatic rings. The molecule has 0 spiro atoms. The summed E-state index contributed by atoms with van der Waals surface area (Å²) in [4.78, 5) is 22.3. The highest BCUT2D eigenvalue weighted by atomic mass is 16.5. The number of aromatic amines is 1. The number of hydrogen-bond donors (Lipinski definition) is 2. The summed E-state index contributed by atoms with van der Waals surface area (Å²) >= 11 is 0. The summed E-state index contributed by atoms with van der Waals surface area (Å²) in [6.07, 6.45) is 3.45. The number of imidazole rings is 1. The molecule has 18 heavy (non-hydrogen) atoms. The minimum Gasteiger partial charge on any atom is -0.478 e. The minimum absolute atomic E-state index is 0.0394. The van der Waals surface area contributed by atoms with Crippen LogP contribution in [0.3, 0.4) is 0 Å². The molecule has 2 atom stereocenters. The van der Waals surface area contributed by atoms with E-state index in [1.54, 1.807) is 6.07 Å². The Morgan fingerprint density at radius 3 is 3.06 bits per heavy atom. The SMILES string of the molecule is CC1CCC(c2nc3ncc(C(=O)O)cc3[nH]2)O1. The second kappa shape index (κ2) is 4.06. The van der Waals surface area contributed by atoms with Crippen molar-refractivity contribution in [1.82, 2.24) is 15.0 Å². The maximum absolute atomic E-state index is 10.9. The van der Waals surface area contributed by atoms with Gasteiger partial charge in [0.15, 0.2) is 5.65 Å². The summed E-state index contributed by atoms with van der Waals surface area (Å²) in [5.74, 6) is -0.268. The van der Waals surface area contributed by atoms with Crippen molar-refractivity contribution in [3.63, 3.8) is 0 Å². The number of nitrogens with zero attached hydrogens (tertiary/aromatic N) is 2. The van der Waals surface area contributed by atoms with E-state index >= 15 is 0 Å². The molecule has 0 amide bonds. The van der Waals surface area contributed by atoms with Crippen LogP contribution in [0.2, 0.25) is 0 Å². The van der Waals surface area contributed by atoms with Crippen molar-refractivity contribution in [3.05, 3.63) is 23.7 Å². The van der Waals surface area contributed by atoms with E-state index in [2.05, 4.69) is 15.0 Å². The van der Waals surface area contributed by atoms with Gasteiger partial charge in [0.25, 0.3) is 0 Å². The molecule has 94 valence electrons. The van der Waals surface area contributed by atoms with Crippen LogP contribution in [0.4, 0.5) is 0 Å². The molecule has 0 aliphatic carbocycles. The number of rotatable bonds is 2. The van der Waals surface area contributed by atoms with Crippen LogP contribution in [0, 0.1) is 0 Å². The number of carboxylic acids is 1. The number of ether oxygens (including phenoxy) is 1. The minimum atomic E-state index is -0.994. The molecule has 0 radical (unpaired) electrons. The first-order valence-electron chi connectivity index (χ1n) is 5.88. The van der Waals surface area contributed by atoms with E-state index < -0.39 is 5.97 Å². The van der Waals surface area contributed by atoms with Gasteiger partial charge in [0.05, 0.1) is 17.2 Å². The van der Waals surface area contributed by atoms with Crippen LogP contribution >= 0.6 is 0 Å². The van der Waals surface area contributed by atoms with Gasteiger partial charge in [-0.3, -0.25) is 0 Å². The number of H-pyrrole nitrogens is 1. The van der Waals surface area contributed by atoms with Crippen molar-refractivity contribution in [3.8, 4) is 0 Å². The summed E-state index contributed by atoms with van der Waals surface area (Å²) in [5, 5.41) is 8.90. The van der Waals surface area contributed by atoms with Crippen LogP contribution < -0.4 is 0 Å². The molecule has 2 aromatic heterocycles. The van der Waals surface area contributed by atoms with Gasteiger partial charge in [-0.25, -0.2) is 14.8 Å². The second-order valence-electron chi connectivity index (χ2n) is 4.54. The third kappa shape index (κ3) is 1.84. The Bertz CT molecular complexity index is 608. The molecule has 1 fully saturated rings. The van der Waals surface area contributed by atoms with E-state index in [0.29, 0.717) is 11.2 Å². The zero-order valence-electron chi connectivity index (χ0n) is 9.88. The third-order valence-electron chi connectivity index (χ3n) is 3.14. The fourth-order valence-electron chi connectivity index (χ4n) is 2.19. The van der Waals surface area contributed by atoms with E-state index in [4.69, 9.17) is 9.84 Å². The second-order valence-corrected chi connectivity index (χ2v) is 4.54. The summed E-state index contributed by atoms with van der Waals surface area (Å²) in [6.45, 7) is 2.03. The van der Waals surface area contributed by atoms with E-state index in [1.165, 1.54) is 6.20 Å². The number of aromatic carboxylic acids is 1. The summed E-state index contributed by atoms with van der Waals surface area (Å²) in [5.41, 5.74) is 1.31. The first-order chi connectivity index (χ1) is 8.63. The molecule has 2 unspecified atom stereocenters. The Hall–Kier alpha value is -1.95. The zero-order chi connectivity index (χ0) is 12.7. The average molecular weight is 247 g/mol. The fraction of sp³-hybridized carbons (Fsp3) is 0.417. The standard InChI is InChI=1S/C12H13N3O3/c1-6-2-3-9(18-6)11-14-8-4-7(12(16)17)5-13-10(8)15-11/h4-6,9H,2-3H2,1H3,(H,16,17)(H,13,14,15). The van der Waals surface area contributed by atoms with Crippen molar-refractivity contribution in [1.29, 1.82) is 0 Å². The molecule has 0 aromatic carbocycles. The van der Waals surface area contributed by atoms with Crippen molar-refractivity contribution >= 4 is 17.1 Å². The molecule has 6 nitrogen and oxygen atoms in total. The van der Waals surface area contributed by atoms with Gasteiger partial charge >= 0.3 is 5.97 Å². The molecule has 3 heterocycles. The van der Waals surface area contributed by atoms with Crippen molar-refractivity contribution in [2.75, 3.05) is 0 Å². The van der Waals surface area contributed by atoms with Crippen molar-refractivity contribution in [2.45, 2.75) is 32.0 Å². The number of hydrogen-bond acceptors (Lipinski definition) is 4. The summed E-state index contributed by atoms with van der Waals surface area (Å²) in [6, 6.07) is 1.54. The number of carboxylic acid groups (broad SMARTS) is 1. The van der Waals surface area contributed by atoms with E-state index in [0.717, 1.165) is 18.7 Å². The van der Waals surface area contributed by atoms with Gasteiger partial charge in [-0.2, -0.15) is 0 Å². The maximum atomic E-state index is 10.9. The lowest BCUT2D eigenvalue weighted by Crippen LogP contribution is -2.02. The molecular weight excluding hydrogens is 234 g/mol. The lowest BCUT2D eigenvalue weighted by Gasteiger charge is -2.06. The molecule has 0 saturated carbocycles. The van der Waals surface area contributed by atoms with Gasteiger partial charge in [0, 0.05) is 6.20 Å². The first-order valence-corrected chi connectivity index (χ1v) is 5.88. The molecule has 2 aromatic rings. The highest BCUT2D eigenvalue weighted by Gasteiger charge is 2.26. The van der Waals surface area contributed by atoms with Gasteiger partial charge in [0.1, 0.15) is 11.9 Å². The van der Waals surface area contributed by atoms with Gasteiger partial charge in [-0.15, -0.1) is 0 Å². The quantitative estimate of drug-likeness (QED) is 0.846. The predicted molar refractivity (Wildman–Crippen MR) is 63.4 cm³/mol. The maximum Gasteiger partial charge on any atom is 0.337 e. The normalized spacial score (nSPS) is 23.6.